The van der Waals surface area contributed by atoms with Crippen LogP contribution in [-0.4, -0.2) is 58.6 Å². The van der Waals surface area contributed by atoms with Gasteiger partial charge in [0.1, 0.15) is 17.7 Å². The zero-order valence-electron chi connectivity index (χ0n) is 22.1. The molecule has 1 aliphatic carbocycles. The number of halogens is 1. The first kappa shape index (κ1) is 24.6. The van der Waals surface area contributed by atoms with E-state index in [0.717, 1.165) is 70.8 Å². The van der Waals surface area contributed by atoms with Crippen LogP contribution < -0.4 is 4.90 Å². The van der Waals surface area contributed by atoms with Crippen LogP contribution in [0.2, 0.25) is 0 Å². The summed E-state index contributed by atoms with van der Waals surface area (Å²) in [6.45, 7) is 3.56. The van der Waals surface area contributed by atoms with Gasteiger partial charge < -0.3 is 10.0 Å². The van der Waals surface area contributed by atoms with E-state index in [1.165, 1.54) is 12.1 Å². The smallest absolute Gasteiger partial charge is 0.156 e. The van der Waals surface area contributed by atoms with E-state index in [1.807, 2.05) is 40.2 Å². The van der Waals surface area contributed by atoms with E-state index < -0.39 is 0 Å². The summed E-state index contributed by atoms with van der Waals surface area (Å²) in [5, 5.41) is 18.6. The van der Waals surface area contributed by atoms with Crippen LogP contribution in [0.1, 0.15) is 55.1 Å². The Hall–Kier alpha value is -4.44. The van der Waals surface area contributed by atoms with E-state index in [-0.39, 0.29) is 23.9 Å². The summed E-state index contributed by atoms with van der Waals surface area (Å²) >= 11 is 0. The molecule has 2 aliphatic rings. The zero-order valence-corrected chi connectivity index (χ0v) is 22.1. The Morgan fingerprint density at radius 1 is 0.950 bits per heavy atom. The lowest BCUT2D eigenvalue weighted by Gasteiger charge is -2.31. The Morgan fingerprint density at radius 3 is 2.48 bits per heavy atom. The molecule has 40 heavy (non-hydrogen) atoms. The molecule has 0 spiro atoms. The van der Waals surface area contributed by atoms with Gasteiger partial charge >= 0.3 is 0 Å². The molecular weight excluding hydrogens is 507 g/mol. The van der Waals surface area contributed by atoms with Crippen LogP contribution in [0, 0.1) is 5.82 Å². The Labute approximate surface area is 230 Å². The van der Waals surface area contributed by atoms with Crippen molar-refractivity contribution in [2.75, 3.05) is 18.0 Å². The van der Waals surface area contributed by atoms with E-state index >= 15 is 0 Å². The zero-order chi connectivity index (χ0) is 27.2. The Bertz CT molecular complexity index is 1690. The third-order valence-corrected chi connectivity index (χ3v) is 8.12. The molecule has 1 N–H and O–H groups in total. The number of aromatic nitrogens is 7. The largest absolute Gasteiger partial charge is 0.393 e. The van der Waals surface area contributed by atoms with Gasteiger partial charge in [0.05, 0.1) is 18.3 Å². The molecule has 5 heterocycles. The molecule has 9 nitrogen and oxygen atoms in total. The van der Waals surface area contributed by atoms with Crippen LogP contribution in [0.15, 0.2) is 73.7 Å². The van der Waals surface area contributed by atoms with E-state index in [4.69, 9.17) is 0 Å². The SMILES string of the molecule is CC(c1ccc(F)cc1)c1cnc(C2=CCN(c3ncnn4cc(-c5cnn(C6CC(O)C6)c5)cc34)CC2)nc1. The van der Waals surface area contributed by atoms with Crippen LogP contribution in [0.25, 0.3) is 22.2 Å². The number of nitrogens with zero attached hydrogens (tertiary/aromatic N) is 8. The minimum Gasteiger partial charge on any atom is -0.393 e. The van der Waals surface area contributed by atoms with Crippen molar-refractivity contribution in [3.8, 4) is 11.1 Å². The molecule has 0 bridgehead atoms. The number of aliphatic hydroxyl groups excluding tert-OH is 1. The fourth-order valence-corrected chi connectivity index (χ4v) is 5.52. The molecule has 1 aliphatic heterocycles. The predicted molar refractivity (Wildman–Crippen MR) is 149 cm³/mol. The lowest BCUT2D eigenvalue weighted by molar-refractivity contribution is 0.0434. The van der Waals surface area contributed by atoms with Crippen molar-refractivity contribution in [1.82, 2.24) is 34.3 Å². The fourth-order valence-electron chi connectivity index (χ4n) is 5.52. The third kappa shape index (κ3) is 4.54. The second kappa shape index (κ2) is 9.95. The summed E-state index contributed by atoms with van der Waals surface area (Å²) in [5.41, 5.74) is 6.14. The molecule has 5 aromatic rings. The van der Waals surface area contributed by atoms with Gasteiger partial charge in [-0.25, -0.2) is 23.9 Å². The van der Waals surface area contributed by atoms with Crippen molar-refractivity contribution in [2.45, 2.75) is 44.2 Å². The summed E-state index contributed by atoms with van der Waals surface area (Å²) < 4.78 is 17.1. The normalized spacial score (nSPS) is 19.9. The Balaban J connectivity index is 1.07. The quantitative estimate of drug-likeness (QED) is 0.337. The first-order valence-electron chi connectivity index (χ1n) is 13.6. The van der Waals surface area contributed by atoms with E-state index in [0.29, 0.717) is 6.54 Å². The Morgan fingerprint density at radius 2 is 1.75 bits per heavy atom. The molecule has 1 atom stereocenters. The average Bonchev–Trinajstić information content (AvgIpc) is 3.63. The summed E-state index contributed by atoms with van der Waals surface area (Å²) in [6.07, 6.45) is 15.5. The minimum atomic E-state index is -0.237. The van der Waals surface area contributed by atoms with Gasteiger partial charge in [0.25, 0.3) is 0 Å². The monoisotopic (exact) mass is 536 g/mol. The Kier molecular flexibility index (Phi) is 6.11. The van der Waals surface area contributed by atoms with Crippen LogP contribution in [0.5, 0.6) is 0 Å². The van der Waals surface area contributed by atoms with Crippen molar-refractivity contribution in [3.63, 3.8) is 0 Å². The molecule has 1 fully saturated rings. The summed E-state index contributed by atoms with van der Waals surface area (Å²) in [6, 6.07) is 8.95. The van der Waals surface area contributed by atoms with Crippen LogP contribution in [0.3, 0.4) is 0 Å². The number of aliphatic hydroxyl groups is 1. The van der Waals surface area contributed by atoms with Crippen molar-refractivity contribution in [1.29, 1.82) is 0 Å². The molecule has 1 unspecified atom stereocenters. The molecule has 10 heteroatoms. The average molecular weight is 537 g/mol. The molecule has 1 saturated carbocycles. The minimum absolute atomic E-state index is 0.0815. The first-order chi connectivity index (χ1) is 19.5. The van der Waals surface area contributed by atoms with Crippen LogP contribution >= 0.6 is 0 Å². The van der Waals surface area contributed by atoms with Gasteiger partial charge in [-0.1, -0.05) is 25.1 Å². The number of fused-ring (bicyclic) bond motifs is 1. The molecular formula is C30H29FN8O. The maximum Gasteiger partial charge on any atom is 0.156 e. The fraction of sp³-hybridized carbons (Fsp3) is 0.300. The van der Waals surface area contributed by atoms with Crippen molar-refractivity contribution in [2.24, 2.45) is 0 Å². The van der Waals surface area contributed by atoms with Gasteiger partial charge in [-0.15, -0.1) is 0 Å². The highest BCUT2D eigenvalue weighted by atomic mass is 19.1. The highest BCUT2D eigenvalue weighted by Crippen LogP contribution is 2.34. The molecule has 0 saturated heterocycles. The highest BCUT2D eigenvalue weighted by molar-refractivity contribution is 5.78. The molecule has 0 amide bonds. The third-order valence-electron chi connectivity index (χ3n) is 8.12. The standard InChI is InChI=1S/C30H29FN8O/c1-19(20-2-4-25(31)5-3-20)23-13-32-29(33-14-23)21-6-8-37(9-7-21)30-28-10-22(16-39(28)36-18-34-30)24-15-35-38(17-24)26-11-27(40)12-26/h2-6,10,13-19,26-27,40H,7-9,11-12H2,1H3. The highest BCUT2D eigenvalue weighted by Gasteiger charge is 2.29. The van der Waals surface area contributed by atoms with Gasteiger partial charge in [0.2, 0.25) is 0 Å². The maximum atomic E-state index is 13.3. The lowest BCUT2D eigenvalue weighted by Crippen LogP contribution is -2.30. The maximum absolute atomic E-state index is 13.3. The number of hydrogen-bond acceptors (Lipinski definition) is 7. The summed E-state index contributed by atoms with van der Waals surface area (Å²) in [4.78, 5) is 16.2. The van der Waals surface area contributed by atoms with Gasteiger partial charge in [-0.3, -0.25) is 4.68 Å². The first-order valence-corrected chi connectivity index (χ1v) is 13.6. The van der Waals surface area contributed by atoms with E-state index in [2.05, 4.69) is 49.1 Å². The van der Waals surface area contributed by atoms with Gasteiger partial charge in [-0.05, 0) is 54.2 Å². The second-order valence-corrected chi connectivity index (χ2v) is 10.7. The number of anilines is 1. The summed E-state index contributed by atoms with van der Waals surface area (Å²) in [5.74, 6) is 1.47. The molecule has 202 valence electrons. The van der Waals surface area contributed by atoms with E-state index in [1.54, 1.807) is 18.5 Å². The second-order valence-electron chi connectivity index (χ2n) is 10.7. The van der Waals surface area contributed by atoms with Crippen LogP contribution in [-0.2, 0) is 0 Å². The van der Waals surface area contributed by atoms with Gasteiger partial charge in [-0.2, -0.15) is 10.2 Å². The van der Waals surface area contributed by atoms with Gasteiger partial charge in [0.15, 0.2) is 11.6 Å². The molecule has 0 radical (unpaired) electrons. The van der Waals surface area contributed by atoms with Crippen molar-refractivity contribution < 1.29 is 9.50 Å². The van der Waals surface area contributed by atoms with Crippen molar-refractivity contribution in [3.05, 3.63) is 96.5 Å². The topological polar surface area (TPSA) is 97.3 Å². The molecule has 4 aromatic heterocycles. The lowest BCUT2D eigenvalue weighted by atomic mass is 9.90. The van der Waals surface area contributed by atoms with E-state index in [9.17, 15) is 9.50 Å². The van der Waals surface area contributed by atoms with Crippen molar-refractivity contribution >= 4 is 16.9 Å². The number of hydrogen-bond donors (Lipinski definition) is 1. The predicted octanol–water partition coefficient (Wildman–Crippen LogP) is 4.66. The number of benzene rings is 1. The summed E-state index contributed by atoms with van der Waals surface area (Å²) in [7, 11) is 0. The molecule has 7 rings (SSSR count). The van der Waals surface area contributed by atoms with Crippen LogP contribution in [0.4, 0.5) is 10.2 Å². The van der Waals surface area contributed by atoms with Gasteiger partial charge in [0, 0.05) is 54.9 Å². The number of rotatable bonds is 6. The molecule has 1 aromatic carbocycles.